The van der Waals surface area contributed by atoms with E-state index in [0.29, 0.717) is 5.75 Å². The van der Waals surface area contributed by atoms with Gasteiger partial charge in [0, 0.05) is 6.92 Å². The third-order valence-corrected chi connectivity index (χ3v) is 1.00. The standard InChI is InChI=1S/C8H8O2.BH2O2/c1-7(9)10-8-5-3-2-4-6-8;2-1-3/h2-6H,1H3;2-3H. The van der Waals surface area contributed by atoms with E-state index >= 15 is 0 Å². The fourth-order valence-electron chi connectivity index (χ4n) is 0.655. The smallest absolute Gasteiger partial charge is 0.429 e. The van der Waals surface area contributed by atoms with Crippen LogP contribution in [0, 0.1) is 0 Å². The van der Waals surface area contributed by atoms with E-state index in [-0.39, 0.29) is 13.7 Å². The Morgan fingerprint density at radius 2 is 1.77 bits per heavy atom. The van der Waals surface area contributed by atoms with Gasteiger partial charge >= 0.3 is 13.7 Å². The first-order chi connectivity index (χ1) is 6.20. The molecule has 0 aliphatic rings. The predicted octanol–water partition coefficient (Wildman–Crippen LogP) is 0.117. The van der Waals surface area contributed by atoms with Gasteiger partial charge in [0.15, 0.2) is 0 Å². The van der Waals surface area contributed by atoms with Gasteiger partial charge in [-0.15, -0.1) is 0 Å². The topological polar surface area (TPSA) is 66.8 Å². The average molecular weight is 181 g/mol. The van der Waals surface area contributed by atoms with Crippen molar-refractivity contribution < 1.29 is 19.6 Å². The Balaban J connectivity index is 0.000000424. The molecule has 0 bridgehead atoms. The summed E-state index contributed by atoms with van der Waals surface area (Å²) in [6, 6.07) is 8.98. The van der Waals surface area contributed by atoms with Crippen molar-refractivity contribution in [2.75, 3.05) is 0 Å². The Morgan fingerprint density at radius 3 is 2.15 bits per heavy atom. The minimum atomic E-state index is -0.286. The van der Waals surface area contributed by atoms with Crippen LogP contribution in [0.25, 0.3) is 0 Å². The molecule has 13 heavy (non-hydrogen) atoms. The van der Waals surface area contributed by atoms with Crippen molar-refractivity contribution in [2.24, 2.45) is 0 Å². The van der Waals surface area contributed by atoms with Gasteiger partial charge < -0.3 is 14.8 Å². The molecule has 0 aliphatic heterocycles. The molecular weight excluding hydrogens is 171 g/mol. The highest BCUT2D eigenvalue weighted by molar-refractivity contribution is 6.13. The maximum atomic E-state index is 10.4. The average Bonchev–Trinajstić information content (AvgIpc) is 2.06. The molecule has 0 spiro atoms. The van der Waals surface area contributed by atoms with Crippen molar-refractivity contribution in [1.29, 1.82) is 0 Å². The van der Waals surface area contributed by atoms with Crippen LogP contribution >= 0.6 is 0 Å². The van der Waals surface area contributed by atoms with Crippen LogP contribution in [-0.2, 0) is 4.79 Å². The lowest BCUT2D eigenvalue weighted by Gasteiger charge is -1.97. The molecule has 2 N–H and O–H groups in total. The van der Waals surface area contributed by atoms with Crippen LogP contribution in [0.15, 0.2) is 30.3 Å². The van der Waals surface area contributed by atoms with Crippen LogP contribution in [0.3, 0.4) is 0 Å². The third-order valence-electron chi connectivity index (χ3n) is 1.00. The molecule has 0 aliphatic carbocycles. The molecule has 1 radical (unpaired) electrons. The van der Waals surface area contributed by atoms with Crippen LogP contribution in [0.4, 0.5) is 0 Å². The van der Waals surface area contributed by atoms with Crippen LogP contribution in [-0.4, -0.2) is 23.7 Å². The number of esters is 1. The largest absolute Gasteiger partial charge is 0.482 e. The molecule has 0 unspecified atom stereocenters. The lowest BCUT2D eigenvalue weighted by atomic mass is 10.3. The molecule has 0 aromatic heterocycles. The molecule has 5 heteroatoms. The van der Waals surface area contributed by atoms with E-state index < -0.39 is 0 Å². The van der Waals surface area contributed by atoms with E-state index in [0.717, 1.165) is 0 Å². The van der Waals surface area contributed by atoms with Crippen LogP contribution in [0.2, 0.25) is 0 Å². The van der Waals surface area contributed by atoms with Crippen molar-refractivity contribution in [1.82, 2.24) is 0 Å². The highest BCUT2D eigenvalue weighted by Gasteiger charge is 1.92. The second-order valence-corrected chi connectivity index (χ2v) is 2.02. The van der Waals surface area contributed by atoms with Gasteiger partial charge in [-0.25, -0.2) is 0 Å². The zero-order valence-electron chi connectivity index (χ0n) is 7.18. The van der Waals surface area contributed by atoms with E-state index in [4.69, 9.17) is 14.8 Å². The van der Waals surface area contributed by atoms with Crippen molar-refractivity contribution in [2.45, 2.75) is 6.92 Å². The zero-order valence-corrected chi connectivity index (χ0v) is 7.18. The number of hydrogen-bond donors (Lipinski definition) is 2. The Morgan fingerprint density at radius 1 is 1.31 bits per heavy atom. The predicted molar refractivity (Wildman–Crippen MR) is 47.9 cm³/mol. The Kier molecular flexibility index (Phi) is 6.58. The van der Waals surface area contributed by atoms with Gasteiger partial charge in [-0.05, 0) is 12.1 Å². The summed E-state index contributed by atoms with van der Waals surface area (Å²) in [7, 11) is 0. The van der Waals surface area contributed by atoms with Crippen molar-refractivity contribution >= 4 is 13.7 Å². The third kappa shape index (κ3) is 7.05. The normalized spacial score (nSPS) is 7.92. The summed E-state index contributed by atoms with van der Waals surface area (Å²) in [5.74, 6) is 0.307. The molecule has 69 valence electrons. The van der Waals surface area contributed by atoms with Crippen LogP contribution < -0.4 is 4.74 Å². The van der Waals surface area contributed by atoms with E-state index in [1.807, 2.05) is 18.2 Å². The first-order valence-corrected chi connectivity index (χ1v) is 3.54. The number of rotatable bonds is 1. The van der Waals surface area contributed by atoms with Gasteiger partial charge in [0.1, 0.15) is 5.75 Å². The van der Waals surface area contributed by atoms with Gasteiger partial charge in [-0.2, -0.15) is 0 Å². The lowest BCUT2D eigenvalue weighted by molar-refractivity contribution is -0.131. The molecule has 1 rings (SSSR count). The van der Waals surface area contributed by atoms with Crippen LogP contribution in [0.1, 0.15) is 6.92 Å². The second kappa shape index (κ2) is 7.33. The molecule has 0 saturated heterocycles. The highest BCUT2D eigenvalue weighted by Crippen LogP contribution is 2.07. The van der Waals surface area contributed by atoms with Gasteiger partial charge in [-0.3, -0.25) is 4.79 Å². The molecule has 0 amide bonds. The summed E-state index contributed by atoms with van der Waals surface area (Å²) < 4.78 is 4.78. The Hall–Kier alpha value is -1.33. The number of para-hydroxylation sites is 1. The van der Waals surface area contributed by atoms with Crippen LogP contribution in [0.5, 0.6) is 5.75 Å². The highest BCUT2D eigenvalue weighted by atomic mass is 16.5. The Labute approximate surface area is 77.1 Å². The maximum absolute atomic E-state index is 10.4. The summed E-state index contributed by atoms with van der Waals surface area (Å²) in [6.45, 7) is 1.38. The number of hydrogen-bond acceptors (Lipinski definition) is 4. The second-order valence-electron chi connectivity index (χ2n) is 2.02. The van der Waals surface area contributed by atoms with Crippen molar-refractivity contribution in [3.63, 3.8) is 0 Å². The molecule has 1 aromatic carbocycles. The summed E-state index contributed by atoms with van der Waals surface area (Å²) in [6.07, 6.45) is 0. The minimum Gasteiger partial charge on any atom is -0.429 e. The first kappa shape index (κ1) is 11.7. The van der Waals surface area contributed by atoms with E-state index in [9.17, 15) is 4.79 Å². The number of ether oxygens (including phenoxy) is 1. The molecule has 0 heterocycles. The Bertz CT molecular complexity index is 237. The summed E-state index contributed by atoms with van der Waals surface area (Å²) in [5, 5.41) is 14.0. The number of carbonyl (C=O) groups excluding carboxylic acids is 1. The lowest BCUT2D eigenvalue weighted by Crippen LogP contribution is -2.00. The molecule has 4 nitrogen and oxygen atoms in total. The fourth-order valence-corrected chi connectivity index (χ4v) is 0.655. The van der Waals surface area contributed by atoms with Gasteiger partial charge in [0.25, 0.3) is 0 Å². The summed E-state index contributed by atoms with van der Waals surface area (Å²) >= 11 is 0. The number of benzene rings is 1. The molecular formula is C8H10BO4. The van der Waals surface area contributed by atoms with E-state index in [1.165, 1.54) is 6.92 Å². The SMILES string of the molecule is CC(=O)Oc1ccccc1.O[B]O. The van der Waals surface area contributed by atoms with E-state index in [1.54, 1.807) is 12.1 Å². The van der Waals surface area contributed by atoms with Gasteiger partial charge in [-0.1, -0.05) is 18.2 Å². The van der Waals surface area contributed by atoms with Gasteiger partial charge in [0.2, 0.25) is 0 Å². The molecule has 0 atom stereocenters. The monoisotopic (exact) mass is 181 g/mol. The summed E-state index contributed by atoms with van der Waals surface area (Å²) in [4.78, 5) is 10.4. The molecule has 0 fully saturated rings. The van der Waals surface area contributed by atoms with Gasteiger partial charge in [0.05, 0.1) is 0 Å². The molecule has 0 saturated carbocycles. The van der Waals surface area contributed by atoms with Crippen molar-refractivity contribution in [3.05, 3.63) is 30.3 Å². The molecule has 1 aromatic rings. The fraction of sp³-hybridized carbons (Fsp3) is 0.125. The number of carbonyl (C=O) groups is 1. The van der Waals surface area contributed by atoms with Crippen molar-refractivity contribution in [3.8, 4) is 5.75 Å². The zero-order chi connectivity index (χ0) is 10.1. The minimum absolute atomic E-state index is 0. The quantitative estimate of drug-likeness (QED) is 0.366. The maximum Gasteiger partial charge on any atom is 0.482 e. The summed E-state index contributed by atoms with van der Waals surface area (Å²) in [5.41, 5.74) is 0. The first-order valence-electron chi connectivity index (χ1n) is 3.54. The van der Waals surface area contributed by atoms with E-state index in [2.05, 4.69) is 0 Å².